The Bertz CT molecular complexity index is 1070. The molecule has 0 saturated heterocycles. The van der Waals surface area contributed by atoms with Crippen LogP contribution in [0.3, 0.4) is 0 Å². The second-order valence-corrected chi connectivity index (χ2v) is 15.3. The van der Waals surface area contributed by atoms with Crippen molar-refractivity contribution < 1.29 is 37.6 Å². The summed E-state index contributed by atoms with van der Waals surface area (Å²) in [5, 5.41) is 0. The summed E-state index contributed by atoms with van der Waals surface area (Å²) in [6, 6.07) is 0. The predicted molar refractivity (Wildman–Crippen MR) is 224 cm³/mol. The minimum absolute atomic E-state index is 0.0454. The van der Waals surface area contributed by atoms with E-state index in [1.54, 1.807) is 0 Å². The first kappa shape index (κ1) is 51.7. The van der Waals surface area contributed by atoms with Gasteiger partial charge in [-0.15, -0.1) is 0 Å². The number of nitrogens with two attached hydrogens (primary N) is 1. The molecule has 0 spiro atoms. The summed E-state index contributed by atoms with van der Waals surface area (Å²) >= 11 is 0. The molecule has 0 saturated carbocycles. The molecule has 0 aliphatic carbocycles. The molecule has 9 nitrogen and oxygen atoms in total. The third-order valence-corrected chi connectivity index (χ3v) is 9.62. The van der Waals surface area contributed by atoms with Crippen LogP contribution in [0, 0.1) is 0 Å². The van der Waals surface area contributed by atoms with Crippen molar-refractivity contribution >= 4 is 19.8 Å². The summed E-state index contributed by atoms with van der Waals surface area (Å²) < 4.78 is 32.7. The van der Waals surface area contributed by atoms with Gasteiger partial charge >= 0.3 is 19.8 Å². The van der Waals surface area contributed by atoms with Crippen LogP contribution in [0.25, 0.3) is 0 Å². The summed E-state index contributed by atoms with van der Waals surface area (Å²) in [6.45, 7) is 3.57. The summed E-state index contributed by atoms with van der Waals surface area (Å²) in [6.07, 6.45) is 46.8. The predicted octanol–water partition coefficient (Wildman–Crippen LogP) is 12.1. The maximum absolute atomic E-state index is 12.6. The average molecular weight is 780 g/mol. The maximum atomic E-state index is 12.6. The van der Waals surface area contributed by atoms with Gasteiger partial charge in [-0.3, -0.25) is 18.6 Å². The van der Waals surface area contributed by atoms with Crippen molar-refractivity contribution in [1.82, 2.24) is 0 Å². The molecule has 0 fully saturated rings. The summed E-state index contributed by atoms with van der Waals surface area (Å²) in [5.74, 6) is -0.869. The van der Waals surface area contributed by atoms with E-state index < -0.39 is 32.5 Å². The smallest absolute Gasteiger partial charge is 0.462 e. The second kappa shape index (κ2) is 40.4. The number of carbonyl (C=O) groups is 2. The number of carbonyl (C=O) groups excluding carboxylic acids is 2. The molecule has 54 heavy (non-hydrogen) atoms. The molecule has 0 aromatic heterocycles. The highest BCUT2D eigenvalue weighted by Crippen LogP contribution is 2.43. The number of rotatable bonds is 39. The Labute approximate surface area is 329 Å². The number of phosphoric ester groups is 1. The van der Waals surface area contributed by atoms with Crippen molar-refractivity contribution in [2.75, 3.05) is 26.4 Å². The van der Waals surface area contributed by atoms with Gasteiger partial charge in [0.25, 0.3) is 0 Å². The van der Waals surface area contributed by atoms with E-state index in [2.05, 4.69) is 74.6 Å². The highest BCUT2D eigenvalue weighted by Gasteiger charge is 2.26. The number of esters is 2. The molecule has 0 bridgehead atoms. The molecular weight excluding hydrogens is 701 g/mol. The first-order valence-electron chi connectivity index (χ1n) is 21.3. The monoisotopic (exact) mass is 780 g/mol. The zero-order chi connectivity index (χ0) is 39.6. The zero-order valence-corrected chi connectivity index (χ0v) is 35.1. The normalized spacial score (nSPS) is 13.9. The van der Waals surface area contributed by atoms with E-state index in [4.69, 9.17) is 24.3 Å². The van der Waals surface area contributed by atoms with Crippen molar-refractivity contribution in [1.29, 1.82) is 0 Å². The van der Waals surface area contributed by atoms with Gasteiger partial charge in [0.1, 0.15) is 6.61 Å². The first-order chi connectivity index (χ1) is 26.3. The van der Waals surface area contributed by atoms with Crippen LogP contribution >= 0.6 is 7.82 Å². The van der Waals surface area contributed by atoms with Gasteiger partial charge in [-0.1, -0.05) is 145 Å². The molecule has 0 rings (SSSR count). The van der Waals surface area contributed by atoms with Crippen molar-refractivity contribution in [3.63, 3.8) is 0 Å². The van der Waals surface area contributed by atoms with Crippen molar-refractivity contribution in [2.45, 2.75) is 180 Å². The van der Waals surface area contributed by atoms with Crippen LogP contribution in [0.4, 0.5) is 0 Å². The highest BCUT2D eigenvalue weighted by molar-refractivity contribution is 7.47. The van der Waals surface area contributed by atoms with Crippen molar-refractivity contribution in [3.05, 3.63) is 60.8 Å². The maximum Gasteiger partial charge on any atom is 0.472 e. The lowest BCUT2D eigenvalue weighted by Gasteiger charge is -2.19. The molecule has 0 amide bonds. The molecule has 10 heteroatoms. The number of ether oxygens (including phenoxy) is 2. The standard InChI is InChI=1S/C44H78NO8P/c1-3-5-7-9-11-13-15-17-19-21-23-25-27-29-31-33-35-37-44(47)53-42(41-52-54(48,49)51-39-38-45)40-50-43(46)36-34-32-30-28-26-24-22-20-18-16-14-12-10-8-6-4-2/h5,7,11,13,17,19-20,22-23,25,42H,3-4,6,8-10,12,14-16,18,21,24,26-41,45H2,1-2H3,(H,48,49)/b7-5-,13-11-,19-17-,22-20-,25-23-. The molecule has 0 aromatic carbocycles. The third-order valence-electron chi connectivity index (χ3n) is 8.64. The SMILES string of the molecule is CC/C=C\C/C=C\C/C=C\C/C=C\CCCCCCC(=O)OC(COC(=O)CCCCCCC/C=C\CCCCCCCCC)COP(=O)(O)OCCN. The molecule has 3 N–H and O–H groups in total. The minimum Gasteiger partial charge on any atom is -0.462 e. The van der Waals surface area contributed by atoms with Gasteiger partial charge in [0.05, 0.1) is 13.2 Å². The van der Waals surface area contributed by atoms with Crippen LogP contribution in [-0.2, 0) is 32.7 Å². The van der Waals surface area contributed by atoms with Gasteiger partial charge in [0.15, 0.2) is 6.10 Å². The second-order valence-electron chi connectivity index (χ2n) is 13.8. The number of phosphoric acid groups is 1. The Morgan fingerprint density at radius 2 is 1.02 bits per heavy atom. The zero-order valence-electron chi connectivity index (χ0n) is 34.2. The molecule has 0 heterocycles. The third kappa shape index (κ3) is 39.4. The van der Waals surface area contributed by atoms with Gasteiger partial charge in [-0.2, -0.15) is 0 Å². The first-order valence-corrected chi connectivity index (χ1v) is 22.8. The minimum atomic E-state index is -4.39. The molecule has 0 aliphatic rings. The van der Waals surface area contributed by atoms with Crippen LogP contribution in [0.5, 0.6) is 0 Å². The molecule has 0 aliphatic heterocycles. The van der Waals surface area contributed by atoms with E-state index in [1.165, 1.54) is 51.4 Å². The summed E-state index contributed by atoms with van der Waals surface area (Å²) in [7, 11) is -4.39. The fourth-order valence-electron chi connectivity index (χ4n) is 5.50. The van der Waals surface area contributed by atoms with Gasteiger partial charge in [0, 0.05) is 19.4 Å². The Morgan fingerprint density at radius 3 is 1.54 bits per heavy atom. The molecule has 0 aromatic rings. The van der Waals surface area contributed by atoms with Gasteiger partial charge in [-0.25, -0.2) is 4.57 Å². The fourth-order valence-corrected chi connectivity index (χ4v) is 6.27. The summed E-state index contributed by atoms with van der Waals surface area (Å²) in [5.41, 5.74) is 5.34. The van der Waals surface area contributed by atoms with E-state index in [0.717, 1.165) is 89.9 Å². The van der Waals surface area contributed by atoms with E-state index in [0.29, 0.717) is 6.42 Å². The largest absolute Gasteiger partial charge is 0.472 e. The van der Waals surface area contributed by atoms with Gasteiger partial charge < -0.3 is 20.1 Å². The number of allylic oxidation sites excluding steroid dienone is 10. The lowest BCUT2D eigenvalue weighted by molar-refractivity contribution is -0.161. The fraction of sp³-hybridized carbons (Fsp3) is 0.727. The topological polar surface area (TPSA) is 134 Å². The lowest BCUT2D eigenvalue weighted by Crippen LogP contribution is -2.29. The quantitative estimate of drug-likeness (QED) is 0.0270. The summed E-state index contributed by atoms with van der Waals surface area (Å²) in [4.78, 5) is 34.8. The number of unbranched alkanes of at least 4 members (excludes halogenated alkanes) is 16. The molecular formula is C44H78NO8P. The van der Waals surface area contributed by atoms with Gasteiger partial charge in [-0.05, 0) is 77.0 Å². The molecule has 0 radical (unpaired) electrons. The van der Waals surface area contributed by atoms with E-state index in [-0.39, 0.29) is 32.6 Å². The Hall–Kier alpha value is -2.29. The average Bonchev–Trinajstić information content (AvgIpc) is 3.16. The van der Waals surface area contributed by atoms with Crippen LogP contribution in [0.15, 0.2) is 60.8 Å². The van der Waals surface area contributed by atoms with Crippen LogP contribution in [-0.4, -0.2) is 49.3 Å². The lowest BCUT2D eigenvalue weighted by atomic mass is 10.1. The van der Waals surface area contributed by atoms with Crippen LogP contribution in [0.1, 0.15) is 174 Å². The highest BCUT2D eigenvalue weighted by atomic mass is 31.2. The van der Waals surface area contributed by atoms with Crippen LogP contribution in [0.2, 0.25) is 0 Å². The van der Waals surface area contributed by atoms with Crippen LogP contribution < -0.4 is 5.73 Å². The molecule has 2 unspecified atom stereocenters. The Kier molecular flexibility index (Phi) is 38.7. The molecule has 312 valence electrons. The Balaban J connectivity index is 4.23. The molecule has 2 atom stereocenters. The van der Waals surface area contributed by atoms with Gasteiger partial charge in [0.2, 0.25) is 0 Å². The Morgan fingerprint density at radius 1 is 0.574 bits per heavy atom. The van der Waals surface area contributed by atoms with E-state index in [9.17, 15) is 19.0 Å². The van der Waals surface area contributed by atoms with E-state index in [1.807, 2.05) is 0 Å². The van der Waals surface area contributed by atoms with Crippen molar-refractivity contribution in [3.8, 4) is 0 Å². The van der Waals surface area contributed by atoms with E-state index >= 15 is 0 Å². The number of hydrogen-bond acceptors (Lipinski definition) is 8. The van der Waals surface area contributed by atoms with Crippen molar-refractivity contribution in [2.24, 2.45) is 5.73 Å². The number of hydrogen-bond donors (Lipinski definition) is 2.